The van der Waals surface area contributed by atoms with Crippen molar-refractivity contribution in [3.05, 3.63) is 53.6 Å². The first kappa shape index (κ1) is 14.4. The van der Waals surface area contributed by atoms with E-state index >= 15 is 0 Å². The molecule has 0 radical (unpaired) electrons. The van der Waals surface area contributed by atoms with Crippen LogP contribution in [-0.2, 0) is 9.53 Å². The maximum absolute atomic E-state index is 13.0. The first-order chi connectivity index (χ1) is 9.66. The van der Waals surface area contributed by atoms with E-state index in [0.717, 1.165) is 12.1 Å². The van der Waals surface area contributed by atoms with Gasteiger partial charge in [-0.25, -0.2) is 8.78 Å². The van der Waals surface area contributed by atoms with Crippen LogP contribution in [0, 0.1) is 11.6 Å². The molecule has 0 N–H and O–H groups in total. The number of benzene rings is 1. The summed E-state index contributed by atoms with van der Waals surface area (Å²) in [4.78, 5) is 13.4. The van der Waals surface area contributed by atoms with Crippen LogP contribution in [0.4, 0.5) is 8.78 Å². The van der Waals surface area contributed by atoms with Gasteiger partial charge in [0.05, 0.1) is 13.2 Å². The molecule has 0 spiro atoms. The molecule has 0 bridgehead atoms. The van der Waals surface area contributed by atoms with E-state index in [0.29, 0.717) is 31.9 Å². The van der Waals surface area contributed by atoms with E-state index in [-0.39, 0.29) is 5.91 Å². The van der Waals surface area contributed by atoms with Crippen molar-refractivity contribution in [2.75, 3.05) is 26.3 Å². The predicted octanol–water partition coefficient (Wildman–Crippen LogP) is 2.39. The average Bonchev–Trinajstić information content (AvgIpc) is 2.48. The second-order valence-corrected chi connectivity index (χ2v) is 4.33. The number of carbonyl (C=O) groups is 1. The SMILES string of the molecule is O=C(/C=C/C=C/c1ccc(F)c(F)c1)N1CCOCC1. The molecular weight excluding hydrogens is 264 g/mol. The molecule has 1 saturated heterocycles. The van der Waals surface area contributed by atoms with Crippen LogP contribution in [0.15, 0.2) is 36.4 Å². The van der Waals surface area contributed by atoms with Crippen LogP contribution in [0.2, 0.25) is 0 Å². The number of nitrogens with zero attached hydrogens (tertiary/aromatic N) is 1. The lowest BCUT2D eigenvalue weighted by Gasteiger charge is -2.25. The minimum atomic E-state index is -0.888. The monoisotopic (exact) mass is 279 g/mol. The lowest BCUT2D eigenvalue weighted by Crippen LogP contribution is -2.39. The Morgan fingerprint density at radius 3 is 2.60 bits per heavy atom. The minimum absolute atomic E-state index is 0.0803. The van der Waals surface area contributed by atoms with Gasteiger partial charge in [-0.15, -0.1) is 0 Å². The van der Waals surface area contributed by atoms with Gasteiger partial charge in [0, 0.05) is 19.2 Å². The normalized spacial score (nSPS) is 16.2. The summed E-state index contributed by atoms with van der Waals surface area (Å²) < 4.78 is 30.8. The molecule has 1 heterocycles. The van der Waals surface area contributed by atoms with Crippen LogP contribution in [0.1, 0.15) is 5.56 Å². The molecule has 1 aliphatic heterocycles. The largest absolute Gasteiger partial charge is 0.378 e. The number of carbonyl (C=O) groups excluding carboxylic acids is 1. The Balaban J connectivity index is 1.89. The van der Waals surface area contributed by atoms with Crippen LogP contribution < -0.4 is 0 Å². The van der Waals surface area contributed by atoms with Crippen molar-refractivity contribution < 1.29 is 18.3 Å². The topological polar surface area (TPSA) is 29.5 Å². The molecule has 0 atom stereocenters. The number of hydrogen-bond donors (Lipinski definition) is 0. The molecule has 1 aromatic rings. The van der Waals surface area contributed by atoms with Crippen molar-refractivity contribution in [3.8, 4) is 0 Å². The van der Waals surface area contributed by atoms with Gasteiger partial charge in [-0.2, -0.15) is 0 Å². The molecule has 1 aliphatic rings. The highest BCUT2D eigenvalue weighted by Gasteiger charge is 2.13. The Labute approximate surface area is 116 Å². The lowest BCUT2D eigenvalue weighted by molar-refractivity contribution is -0.129. The number of rotatable bonds is 3. The Bertz CT molecular complexity index is 535. The van der Waals surface area contributed by atoms with Gasteiger partial charge in [0.1, 0.15) is 0 Å². The first-order valence-electron chi connectivity index (χ1n) is 6.33. The highest BCUT2D eigenvalue weighted by molar-refractivity contribution is 5.88. The molecular formula is C15H15F2NO2. The van der Waals surface area contributed by atoms with E-state index in [1.165, 1.54) is 12.1 Å². The Morgan fingerprint density at radius 2 is 1.90 bits per heavy atom. The van der Waals surface area contributed by atoms with Gasteiger partial charge in [-0.3, -0.25) is 4.79 Å². The Morgan fingerprint density at radius 1 is 1.15 bits per heavy atom. The molecule has 2 rings (SSSR count). The zero-order valence-corrected chi connectivity index (χ0v) is 10.9. The number of hydrogen-bond acceptors (Lipinski definition) is 2. The molecule has 0 aliphatic carbocycles. The summed E-state index contributed by atoms with van der Waals surface area (Å²) in [5, 5.41) is 0. The molecule has 0 aromatic heterocycles. The Kier molecular flexibility index (Phi) is 5.01. The number of halogens is 2. The summed E-state index contributed by atoms with van der Waals surface area (Å²) >= 11 is 0. The average molecular weight is 279 g/mol. The van der Waals surface area contributed by atoms with Crippen LogP contribution >= 0.6 is 0 Å². The van der Waals surface area contributed by atoms with Gasteiger partial charge in [-0.05, 0) is 17.7 Å². The molecule has 106 valence electrons. The fourth-order valence-corrected chi connectivity index (χ4v) is 1.81. The van der Waals surface area contributed by atoms with E-state index < -0.39 is 11.6 Å². The van der Waals surface area contributed by atoms with Crippen LogP contribution in [0.3, 0.4) is 0 Å². The second kappa shape index (κ2) is 6.96. The van der Waals surface area contributed by atoms with Crippen molar-refractivity contribution >= 4 is 12.0 Å². The summed E-state index contributed by atoms with van der Waals surface area (Å²) in [6.45, 7) is 2.31. The van der Waals surface area contributed by atoms with Gasteiger partial charge < -0.3 is 9.64 Å². The number of amides is 1. The third-order valence-corrected chi connectivity index (χ3v) is 2.91. The number of ether oxygens (including phenoxy) is 1. The first-order valence-corrected chi connectivity index (χ1v) is 6.33. The fourth-order valence-electron chi connectivity index (χ4n) is 1.81. The molecule has 1 amide bonds. The van der Waals surface area contributed by atoms with Crippen molar-refractivity contribution in [2.24, 2.45) is 0 Å². The summed E-state index contributed by atoms with van der Waals surface area (Å²) in [5.41, 5.74) is 0.535. The van der Waals surface area contributed by atoms with Crippen molar-refractivity contribution in [1.82, 2.24) is 4.90 Å². The van der Waals surface area contributed by atoms with Crippen LogP contribution in [0.25, 0.3) is 6.08 Å². The molecule has 20 heavy (non-hydrogen) atoms. The molecule has 0 unspecified atom stereocenters. The van der Waals surface area contributed by atoms with E-state index in [2.05, 4.69) is 0 Å². The smallest absolute Gasteiger partial charge is 0.246 e. The highest BCUT2D eigenvalue weighted by atomic mass is 19.2. The molecule has 0 saturated carbocycles. The summed E-state index contributed by atoms with van der Waals surface area (Å²) in [6, 6.07) is 3.63. The number of morpholine rings is 1. The fraction of sp³-hybridized carbons (Fsp3) is 0.267. The van der Waals surface area contributed by atoms with E-state index in [1.54, 1.807) is 23.1 Å². The minimum Gasteiger partial charge on any atom is -0.378 e. The quantitative estimate of drug-likeness (QED) is 0.628. The third-order valence-electron chi connectivity index (χ3n) is 2.91. The van der Waals surface area contributed by atoms with Gasteiger partial charge in [0.25, 0.3) is 0 Å². The van der Waals surface area contributed by atoms with Gasteiger partial charge >= 0.3 is 0 Å². The number of allylic oxidation sites excluding steroid dienone is 2. The van der Waals surface area contributed by atoms with Crippen molar-refractivity contribution in [2.45, 2.75) is 0 Å². The second-order valence-electron chi connectivity index (χ2n) is 4.33. The predicted molar refractivity (Wildman–Crippen MR) is 71.9 cm³/mol. The highest BCUT2D eigenvalue weighted by Crippen LogP contribution is 2.10. The summed E-state index contributed by atoms with van der Waals surface area (Å²) in [5.74, 6) is -1.84. The van der Waals surface area contributed by atoms with E-state index in [9.17, 15) is 13.6 Å². The van der Waals surface area contributed by atoms with Gasteiger partial charge in [0.15, 0.2) is 11.6 Å². The Hall–Kier alpha value is -2.01. The molecule has 1 aromatic carbocycles. The lowest BCUT2D eigenvalue weighted by atomic mass is 10.2. The molecule has 5 heteroatoms. The van der Waals surface area contributed by atoms with Crippen LogP contribution in [-0.4, -0.2) is 37.1 Å². The molecule has 1 fully saturated rings. The standard InChI is InChI=1S/C15H15F2NO2/c16-13-6-5-12(11-14(13)17)3-1-2-4-15(19)18-7-9-20-10-8-18/h1-6,11H,7-10H2/b3-1+,4-2+. The van der Waals surface area contributed by atoms with Crippen LogP contribution in [0.5, 0.6) is 0 Å². The zero-order chi connectivity index (χ0) is 14.4. The third kappa shape index (κ3) is 3.99. The zero-order valence-electron chi connectivity index (χ0n) is 10.9. The van der Waals surface area contributed by atoms with E-state index in [4.69, 9.17) is 4.74 Å². The van der Waals surface area contributed by atoms with Gasteiger partial charge in [0.2, 0.25) is 5.91 Å². The van der Waals surface area contributed by atoms with Crippen molar-refractivity contribution in [1.29, 1.82) is 0 Å². The summed E-state index contributed by atoms with van der Waals surface area (Å²) in [7, 11) is 0. The van der Waals surface area contributed by atoms with Gasteiger partial charge in [-0.1, -0.05) is 24.3 Å². The maximum Gasteiger partial charge on any atom is 0.246 e. The van der Waals surface area contributed by atoms with Crippen molar-refractivity contribution in [3.63, 3.8) is 0 Å². The van der Waals surface area contributed by atoms with E-state index in [1.807, 2.05) is 0 Å². The summed E-state index contributed by atoms with van der Waals surface area (Å²) in [6.07, 6.45) is 6.25. The maximum atomic E-state index is 13.0. The molecule has 3 nitrogen and oxygen atoms in total.